The molecule has 0 unspecified atom stereocenters. The van der Waals surface area contributed by atoms with Crippen LogP contribution < -0.4 is 11.1 Å². The lowest BCUT2D eigenvalue weighted by molar-refractivity contribution is 0.410. The first kappa shape index (κ1) is 52.0. The number of benzene rings is 6. The fourth-order valence-corrected chi connectivity index (χ4v) is 9.05. The molecule has 2 atom stereocenters. The van der Waals surface area contributed by atoms with Crippen LogP contribution in [0.1, 0.15) is 35.0 Å². The number of rotatable bonds is 14. The van der Waals surface area contributed by atoms with E-state index >= 15 is 0 Å². The summed E-state index contributed by atoms with van der Waals surface area (Å²) in [4.78, 5) is 27.1. The van der Waals surface area contributed by atoms with Gasteiger partial charge >= 0.3 is 0 Å². The summed E-state index contributed by atoms with van der Waals surface area (Å²) in [5.74, 6) is -0.871. The van der Waals surface area contributed by atoms with E-state index < -0.39 is 23.7 Å². The van der Waals surface area contributed by atoms with Crippen molar-refractivity contribution in [2.45, 2.75) is 24.9 Å². The van der Waals surface area contributed by atoms with Gasteiger partial charge in [-0.05, 0) is 164 Å². The minimum absolute atomic E-state index is 0.163. The topological polar surface area (TPSA) is 209 Å². The van der Waals surface area contributed by atoms with Gasteiger partial charge in [-0.3, -0.25) is 9.59 Å². The van der Waals surface area contributed by atoms with Gasteiger partial charge < -0.3 is 18.0 Å². The second-order valence-corrected chi connectivity index (χ2v) is 18.6. The molecule has 6 aromatic heterocycles. The zero-order valence-corrected chi connectivity index (χ0v) is 42.6. The third-order valence-electron chi connectivity index (χ3n) is 12.6. The second-order valence-electron chi connectivity index (χ2n) is 17.8. The molecule has 80 heavy (non-hydrogen) atoms. The third kappa shape index (κ3) is 11.6. The summed E-state index contributed by atoms with van der Waals surface area (Å²) in [6.07, 6.45) is 6.66. The van der Waals surface area contributed by atoms with Crippen molar-refractivity contribution in [1.29, 1.82) is 0 Å². The Bertz CT molecular complexity index is 3950. The Hall–Kier alpha value is -10.1. The molecular formula is C56H36Cl2F4N14O4. The standard InChI is InChI=1S/2C28H18ClF2N7O2/c2*29-20-5-10-24(38-16-32-35-36-38)23(15-20)19-11-12-37(26(39)14-19)25(13-17-1-6-21(30)7-2-17)28-34-33-27(40-28)18-3-8-22(31)9-4-18/h2*1-12,14-16,25H,13H2/t2*25-/m10/s1. The first-order chi connectivity index (χ1) is 38.9. The summed E-state index contributed by atoms with van der Waals surface area (Å²) in [5.41, 5.74) is 5.59. The molecule has 0 aliphatic heterocycles. The zero-order valence-electron chi connectivity index (χ0n) is 41.1. The molecule has 0 radical (unpaired) electrons. The first-order valence-corrected chi connectivity index (χ1v) is 24.8. The quantitative estimate of drug-likeness (QED) is 0.0928. The van der Waals surface area contributed by atoms with Crippen molar-refractivity contribution in [3.63, 3.8) is 0 Å². The average Bonchev–Trinajstić information content (AvgIpc) is 4.35. The largest absolute Gasteiger partial charge is 0.418 e. The van der Waals surface area contributed by atoms with Crippen molar-refractivity contribution in [1.82, 2.24) is 69.9 Å². The predicted molar refractivity (Wildman–Crippen MR) is 284 cm³/mol. The molecule has 24 heteroatoms. The Morgan fingerprint density at radius 3 is 1.16 bits per heavy atom. The van der Waals surface area contributed by atoms with Crippen LogP contribution in [0.15, 0.2) is 201 Å². The number of hydrogen-bond donors (Lipinski definition) is 0. The molecule has 18 nitrogen and oxygen atoms in total. The molecule has 6 heterocycles. The number of hydrogen-bond acceptors (Lipinski definition) is 14. The van der Waals surface area contributed by atoms with Gasteiger partial charge in [0.1, 0.15) is 48.0 Å². The SMILES string of the molecule is O=c1cc(-c2cc(Cl)ccc2-n2cnnn2)ccn1[C@@H](Cc1ccc(F)cc1)c1nnc(-c2ccc(F)cc2)o1.O=c1cc(-c2cc(Cl)ccc2-n2cnnn2)ccn1[C@H](Cc1ccc(F)cc1)c1nnc(-c2ccc(F)cc2)o1. The van der Waals surface area contributed by atoms with Gasteiger partial charge in [-0.25, -0.2) is 17.6 Å². The van der Waals surface area contributed by atoms with Crippen molar-refractivity contribution in [3.8, 4) is 56.5 Å². The number of aromatic nitrogens is 14. The third-order valence-corrected chi connectivity index (χ3v) is 13.1. The molecule has 0 bridgehead atoms. The Kier molecular flexibility index (Phi) is 14.9. The Balaban J connectivity index is 0.000000169. The van der Waals surface area contributed by atoms with Crippen LogP contribution in [0.5, 0.6) is 0 Å². The number of pyridine rings is 2. The molecule has 396 valence electrons. The van der Waals surface area contributed by atoms with E-state index in [-0.39, 0.29) is 59.2 Å². The van der Waals surface area contributed by atoms with E-state index in [1.54, 1.807) is 85.2 Å². The molecule has 0 N–H and O–H groups in total. The fourth-order valence-electron chi connectivity index (χ4n) is 8.70. The maximum absolute atomic E-state index is 13.6. The van der Waals surface area contributed by atoms with Gasteiger partial charge in [-0.1, -0.05) is 47.5 Å². The van der Waals surface area contributed by atoms with Gasteiger partial charge in [-0.2, -0.15) is 9.36 Å². The molecule has 0 amide bonds. The summed E-state index contributed by atoms with van der Waals surface area (Å²) >= 11 is 12.5. The van der Waals surface area contributed by atoms with Gasteiger partial charge in [0, 0.05) is 69.7 Å². The smallest absolute Gasteiger partial charge is 0.251 e. The second kappa shape index (κ2) is 22.9. The lowest BCUT2D eigenvalue weighted by Gasteiger charge is -2.18. The summed E-state index contributed by atoms with van der Waals surface area (Å²) in [5, 5.41) is 40.2. The van der Waals surface area contributed by atoms with Crippen molar-refractivity contribution in [2.75, 3.05) is 0 Å². The maximum atomic E-state index is 13.6. The van der Waals surface area contributed by atoms with Crippen LogP contribution in [0.2, 0.25) is 10.0 Å². The lowest BCUT2D eigenvalue weighted by Crippen LogP contribution is -2.26. The lowest BCUT2D eigenvalue weighted by atomic mass is 10.0. The van der Waals surface area contributed by atoms with Crippen molar-refractivity contribution in [3.05, 3.63) is 260 Å². The molecule has 0 saturated heterocycles. The summed E-state index contributed by atoms with van der Waals surface area (Å²) in [6.45, 7) is 0. The van der Waals surface area contributed by atoms with Crippen LogP contribution in [0.25, 0.3) is 56.5 Å². The van der Waals surface area contributed by atoms with Crippen LogP contribution >= 0.6 is 23.2 Å². The van der Waals surface area contributed by atoms with Gasteiger partial charge in [-0.15, -0.1) is 30.6 Å². The number of tetrazole rings is 2. The molecule has 12 rings (SSSR count). The van der Waals surface area contributed by atoms with E-state index in [2.05, 4.69) is 51.4 Å². The van der Waals surface area contributed by atoms with Gasteiger partial charge in [0.05, 0.1) is 11.4 Å². The normalized spacial score (nSPS) is 12.0. The van der Waals surface area contributed by atoms with Crippen LogP contribution in [0.3, 0.4) is 0 Å². The predicted octanol–water partition coefficient (Wildman–Crippen LogP) is 10.6. The van der Waals surface area contributed by atoms with Crippen LogP contribution in [0.4, 0.5) is 17.6 Å². The van der Waals surface area contributed by atoms with Crippen molar-refractivity contribution in [2.24, 2.45) is 0 Å². The van der Waals surface area contributed by atoms with E-state index in [1.165, 1.54) is 116 Å². The van der Waals surface area contributed by atoms with E-state index in [0.717, 1.165) is 11.1 Å². The maximum Gasteiger partial charge on any atom is 0.251 e. The van der Waals surface area contributed by atoms with E-state index in [4.69, 9.17) is 32.0 Å². The highest BCUT2D eigenvalue weighted by Gasteiger charge is 2.26. The number of nitrogens with zero attached hydrogens (tertiary/aromatic N) is 14. The Morgan fingerprint density at radius 1 is 0.438 bits per heavy atom. The highest BCUT2D eigenvalue weighted by atomic mass is 35.5. The summed E-state index contributed by atoms with van der Waals surface area (Å²) in [6, 6.07) is 38.5. The number of halogens is 6. The zero-order chi connectivity index (χ0) is 55.3. The van der Waals surface area contributed by atoms with Gasteiger partial charge in [0.15, 0.2) is 0 Å². The Morgan fingerprint density at radius 2 is 0.812 bits per heavy atom. The monoisotopic (exact) mass is 1110 g/mol. The molecule has 0 spiro atoms. The van der Waals surface area contributed by atoms with Crippen LogP contribution in [0, 0.1) is 23.3 Å². The highest BCUT2D eigenvalue weighted by molar-refractivity contribution is 6.31. The first-order valence-electron chi connectivity index (χ1n) is 24.1. The van der Waals surface area contributed by atoms with Crippen molar-refractivity contribution < 1.29 is 26.4 Å². The van der Waals surface area contributed by atoms with Crippen LogP contribution in [-0.2, 0) is 12.8 Å². The minimum atomic E-state index is -0.716. The molecule has 0 aliphatic carbocycles. The highest BCUT2D eigenvalue weighted by Crippen LogP contribution is 2.33. The molecule has 6 aromatic carbocycles. The fraction of sp³-hybridized carbons (Fsp3) is 0.0714. The molecule has 0 saturated carbocycles. The molecule has 12 aromatic rings. The molecule has 0 fully saturated rings. The summed E-state index contributed by atoms with van der Waals surface area (Å²) < 4.78 is 71.8. The Labute approximate surface area is 458 Å². The van der Waals surface area contributed by atoms with E-state index in [0.29, 0.717) is 54.8 Å². The molecular weight excluding hydrogens is 1080 g/mol. The average molecular weight is 1120 g/mol. The summed E-state index contributed by atoms with van der Waals surface area (Å²) in [7, 11) is 0. The molecule has 0 aliphatic rings. The van der Waals surface area contributed by atoms with E-state index in [9.17, 15) is 27.2 Å². The minimum Gasteiger partial charge on any atom is -0.418 e. The van der Waals surface area contributed by atoms with Crippen LogP contribution in [-0.4, -0.2) is 69.9 Å². The van der Waals surface area contributed by atoms with Crippen molar-refractivity contribution >= 4 is 23.2 Å². The van der Waals surface area contributed by atoms with E-state index in [1.807, 2.05) is 0 Å². The van der Waals surface area contributed by atoms with Gasteiger partial charge in [0.25, 0.3) is 11.1 Å². The van der Waals surface area contributed by atoms with Gasteiger partial charge in [0.2, 0.25) is 23.6 Å².